The van der Waals surface area contributed by atoms with Crippen LogP contribution in [0.15, 0.2) is 24.3 Å². The van der Waals surface area contributed by atoms with Gasteiger partial charge in [0.25, 0.3) is 0 Å². The highest BCUT2D eigenvalue weighted by Crippen LogP contribution is 2.20. The number of nitrogens with one attached hydrogen (secondary N) is 1. The van der Waals surface area contributed by atoms with Gasteiger partial charge in [0.2, 0.25) is 0 Å². The Morgan fingerprint density at radius 3 is 2.85 bits per heavy atom. The van der Waals surface area contributed by atoms with E-state index in [2.05, 4.69) is 15.3 Å². The molecule has 0 unspecified atom stereocenters. The van der Waals surface area contributed by atoms with Gasteiger partial charge in [-0.2, -0.15) is 5.26 Å². The molecule has 2 aromatic rings. The maximum Gasteiger partial charge on any atom is 0.141 e. The van der Waals surface area contributed by atoms with E-state index in [1.54, 1.807) is 12.1 Å². The van der Waals surface area contributed by atoms with Crippen molar-refractivity contribution < 1.29 is 4.39 Å². The Kier molecular flexibility index (Phi) is 4.49. The van der Waals surface area contributed by atoms with Crippen LogP contribution in [0.25, 0.3) is 0 Å². The van der Waals surface area contributed by atoms with Gasteiger partial charge in [-0.25, -0.2) is 14.4 Å². The quantitative estimate of drug-likeness (QED) is 0.869. The molecule has 0 amide bonds. The number of rotatable bonds is 4. The normalized spacial score (nSPS) is 10.1. The summed E-state index contributed by atoms with van der Waals surface area (Å²) in [6.07, 6.45) is 1.64. The van der Waals surface area contributed by atoms with E-state index in [1.807, 2.05) is 6.92 Å². The fourth-order valence-electron chi connectivity index (χ4n) is 1.70. The van der Waals surface area contributed by atoms with Gasteiger partial charge in [0.1, 0.15) is 28.7 Å². The summed E-state index contributed by atoms with van der Waals surface area (Å²) in [5.74, 6) is 0.611. The van der Waals surface area contributed by atoms with Crippen molar-refractivity contribution in [3.8, 4) is 6.07 Å². The van der Waals surface area contributed by atoms with Crippen molar-refractivity contribution in [2.45, 2.75) is 19.8 Å². The molecule has 0 saturated carbocycles. The summed E-state index contributed by atoms with van der Waals surface area (Å²) in [4.78, 5) is 8.43. The molecular weight excluding hydrogens is 279 g/mol. The molecule has 2 rings (SSSR count). The number of aromatic nitrogens is 2. The first-order valence-electron chi connectivity index (χ1n) is 6.12. The highest BCUT2D eigenvalue weighted by molar-refractivity contribution is 6.29. The molecule has 0 fully saturated rings. The summed E-state index contributed by atoms with van der Waals surface area (Å²) in [5, 5.41) is 12.1. The number of benzene rings is 1. The van der Waals surface area contributed by atoms with E-state index in [0.717, 1.165) is 12.8 Å². The minimum Gasteiger partial charge on any atom is -0.340 e. The van der Waals surface area contributed by atoms with Crippen LogP contribution in [0.2, 0.25) is 5.15 Å². The first-order chi connectivity index (χ1) is 9.62. The molecule has 20 heavy (non-hydrogen) atoms. The second-order valence-electron chi connectivity index (χ2n) is 4.17. The zero-order valence-electron chi connectivity index (χ0n) is 10.8. The van der Waals surface area contributed by atoms with Gasteiger partial charge in [-0.05, 0) is 24.6 Å². The lowest BCUT2D eigenvalue weighted by Gasteiger charge is -2.08. The molecule has 0 aliphatic rings. The number of anilines is 2. The molecule has 0 bridgehead atoms. The van der Waals surface area contributed by atoms with Crippen molar-refractivity contribution in [1.82, 2.24) is 9.97 Å². The Labute approximate surface area is 121 Å². The molecule has 1 aromatic heterocycles. The van der Waals surface area contributed by atoms with Crippen molar-refractivity contribution in [3.05, 3.63) is 46.6 Å². The second-order valence-corrected chi connectivity index (χ2v) is 4.56. The maximum atomic E-state index is 13.2. The smallest absolute Gasteiger partial charge is 0.141 e. The molecular formula is C14H12ClFN4. The van der Waals surface area contributed by atoms with Crippen LogP contribution in [0, 0.1) is 17.1 Å². The topological polar surface area (TPSA) is 61.6 Å². The Morgan fingerprint density at radius 1 is 1.35 bits per heavy atom. The first-order valence-corrected chi connectivity index (χ1v) is 6.50. The summed E-state index contributed by atoms with van der Waals surface area (Å²) >= 11 is 5.93. The minimum atomic E-state index is -0.551. The molecule has 1 heterocycles. The summed E-state index contributed by atoms with van der Waals surface area (Å²) in [6, 6.07) is 7.56. The summed E-state index contributed by atoms with van der Waals surface area (Å²) in [7, 11) is 0. The molecule has 1 aromatic carbocycles. The Bertz CT molecular complexity index is 667. The van der Waals surface area contributed by atoms with E-state index in [1.165, 1.54) is 18.2 Å². The third kappa shape index (κ3) is 3.43. The lowest BCUT2D eigenvalue weighted by molar-refractivity contribution is 0.624. The van der Waals surface area contributed by atoms with Gasteiger partial charge < -0.3 is 5.32 Å². The largest absolute Gasteiger partial charge is 0.340 e. The summed E-state index contributed by atoms with van der Waals surface area (Å²) in [5.41, 5.74) is 0.545. The van der Waals surface area contributed by atoms with E-state index in [9.17, 15) is 4.39 Å². The second kappa shape index (κ2) is 6.31. The zero-order chi connectivity index (χ0) is 14.5. The lowest BCUT2D eigenvalue weighted by atomic mass is 10.2. The highest BCUT2D eigenvalue weighted by atomic mass is 35.5. The van der Waals surface area contributed by atoms with Gasteiger partial charge in [-0.1, -0.05) is 18.5 Å². The van der Waals surface area contributed by atoms with Crippen molar-refractivity contribution in [1.29, 1.82) is 5.26 Å². The SMILES string of the molecule is CCCc1nc(Cl)cc(Nc2ccc(F)c(C#N)c2)n1. The Balaban J connectivity index is 2.28. The van der Waals surface area contributed by atoms with Crippen molar-refractivity contribution in [2.24, 2.45) is 0 Å². The number of nitrogens with zero attached hydrogens (tertiary/aromatic N) is 3. The van der Waals surface area contributed by atoms with Crippen LogP contribution in [-0.2, 0) is 6.42 Å². The molecule has 0 saturated heterocycles. The van der Waals surface area contributed by atoms with Crippen molar-refractivity contribution >= 4 is 23.1 Å². The van der Waals surface area contributed by atoms with Gasteiger partial charge in [0.15, 0.2) is 0 Å². The van der Waals surface area contributed by atoms with Crippen LogP contribution >= 0.6 is 11.6 Å². The average molecular weight is 291 g/mol. The Hall–Kier alpha value is -2.19. The van der Waals surface area contributed by atoms with E-state index in [0.29, 0.717) is 22.5 Å². The van der Waals surface area contributed by atoms with Gasteiger partial charge >= 0.3 is 0 Å². The summed E-state index contributed by atoms with van der Waals surface area (Å²) < 4.78 is 13.2. The van der Waals surface area contributed by atoms with Crippen LogP contribution in [0.4, 0.5) is 15.9 Å². The van der Waals surface area contributed by atoms with Gasteiger partial charge in [0, 0.05) is 18.2 Å². The van der Waals surface area contributed by atoms with Gasteiger partial charge in [-0.3, -0.25) is 0 Å². The van der Waals surface area contributed by atoms with Crippen LogP contribution in [0.1, 0.15) is 24.7 Å². The van der Waals surface area contributed by atoms with E-state index in [-0.39, 0.29) is 5.56 Å². The molecule has 1 N–H and O–H groups in total. The Morgan fingerprint density at radius 2 is 2.15 bits per heavy atom. The van der Waals surface area contributed by atoms with E-state index in [4.69, 9.17) is 16.9 Å². The molecule has 0 aliphatic heterocycles. The van der Waals surface area contributed by atoms with Crippen LogP contribution in [-0.4, -0.2) is 9.97 Å². The standard InChI is InChI=1S/C14H12ClFN4/c1-2-3-13-19-12(15)7-14(20-13)18-10-4-5-11(16)9(6-10)8-17/h4-7H,2-3H2,1H3,(H,18,19,20). The number of nitriles is 1. The molecule has 102 valence electrons. The van der Waals surface area contributed by atoms with Crippen LogP contribution in [0.5, 0.6) is 0 Å². The van der Waals surface area contributed by atoms with Gasteiger partial charge in [0.05, 0.1) is 5.56 Å². The predicted octanol–water partition coefficient (Wildman–Crippen LogP) is 3.84. The molecule has 4 nitrogen and oxygen atoms in total. The predicted molar refractivity (Wildman–Crippen MR) is 75.4 cm³/mol. The number of hydrogen-bond acceptors (Lipinski definition) is 4. The van der Waals surface area contributed by atoms with E-state index >= 15 is 0 Å². The molecule has 0 atom stereocenters. The van der Waals surface area contributed by atoms with Crippen molar-refractivity contribution in [2.75, 3.05) is 5.32 Å². The van der Waals surface area contributed by atoms with Gasteiger partial charge in [-0.15, -0.1) is 0 Å². The first kappa shape index (κ1) is 14.2. The fraction of sp³-hybridized carbons (Fsp3) is 0.214. The molecule has 6 heteroatoms. The molecule has 0 spiro atoms. The third-order valence-electron chi connectivity index (χ3n) is 2.57. The van der Waals surface area contributed by atoms with Crippen LogP contribution in [0.3, 0.4) is 0 Å². The summed E-state index contributed by atoms with van der Waals surface area (Å²) in [6.45, 7) is 2.02. The zero-order valence-corrected chi connectivity index (χ0v) is 11.6. The molecule has 0 aliphatic carbocycles. The average Bonchev–Trinajstić information content (AvgIpc) is 2.40. The maximum absolute atomic E-state index is 13.2. The minimum absolute atomic E-state index is 0.0241. The molecule has 0 radical (unpaired) electrons. The highest BCUT2D eigenvalue weighted by Gasteiger charge is 2.06. The third-order valence-corrected chi connectivity index (χ3v) is 2.77. The number of hydrogen-bond donors (Lipinski definition) is 1. The van der Waals surface area contributed by atoms with E-state index < -0.39 is 5.82 Å². The van der Waals surface area contributed by atoms with Crippen LogP contribution < -0.4 is 5.32 Å². The number of aryl methyl sites for hydroxylation is 1. The monoisotopic (exact) mass is 290 g/mol. The lowest BCUT2D eigenvalue weighted by Crippen LogP contribution is -2.01. The fourth-order valence-corrected chi connectivity index (χ4v) is 1.90. The number of halogens is 2. The van der Waals surface area contributed by atoms with Crippen molar-refractivity contribution in [3.63, 3.8) is 0 Å².